The summed E-state index contributed by atoms with van der Waals surface area (Å²) in [5, 5.41) is 6.82. The van der Waals surface area contributed by atoms with Gasteiger partial charge in [0.1, 0.15) is 0 Å². The van der Waals surface area contributed by atoms with Crippen LogP contribution >= 0.6 is 24.0 Å². The fourth-order valence-electron chi connectivity index (χ4n) is 2.46. The van der Waals surface area contributed by atoms with Crippen LogP contribution in [0.1, 0.15) is 20.3 Å². The smallest absolute Gasteiger partial charge is 0.191 e. The molecule has 0 unspecified atom stereocenters. The van der Waals surface area contributed by atoms with Gasteiger partial charge in [-0.1, -0.05) is 0 Å². The van der Waals surface area contributed by atoms with Gasteiger partial charge < -0.3 is 25.0 Å². The Hall–Kier alpha value is -0.160. The van der Waals surface area contributed by atoms with Crippen LogP contribution in [-0.4, -0.2) is 102 Å². The van der Waals surface area contributed by atoms with E-state index in [4.69, 9.17) is 14.5 Å². The highest BCUT2D eigenvalue weighted by Gasteiger charge is 2.09. The quantitative estimate of drug-likeness (QED) is 0.202. The Labute approximate surface area is 170 Å². The topological polar surface area (TPSA) is 61.4 Å². The number of aliphatic imine (C=N–C) groups is 1. The van der Waals surface area contributed by atoms with Crippen molar-refractivity contribution < 1.29 is 9.47 Å². The van der Waals surface area contributed by atoms with Crippen molar-refractivity contribution in [3.63, 3.8) is 0 Å². The number of ether oxygens (including phenoxy) is 2. The van der Waals surface area contributed by atoms with Gasteiger partial charge in [0.25, 0.3) is 0 Å². The summed E-state index contributed by atoms with van der Waals surface area (Å²) in [6.45, 7) is 13.6. The third kappa shape index (κ3) is 13.7. The van der Waals surface area contributed by atoms with Gasteiger partial charge in [0, 0.05) is 59.0 Å². The maximum Gasteiger partial charge on any atom is 0.191 e. The van der Waals surface area contributed by atoms with Gasteiger partial charge in [-0.25, -0.2) is 0 Å². The summed E-state index contributed by atoms with van der Waals surface area (Å²) in [6.07, 6.45) is 1.08. The minimum absolute atomic E-state index is 0. The highest BCUT2D eigenvalue weighted by molar-refractivity contribution is 14.0. The van der Waals surface area contributed by atoms with Gasteiger partial charge in [-0.3, -0.25) is 9.89 Å². The second-order valence-electron chi connectivity index (χ2n) is 6.56. The van der Waals surface area contributed by atoms with E-state index in [1.165, 1.54) is 0 Å². The van der Waals surface area contributed by atoms with Crippen LogP contribution in [-0.2, 0) is 9.47 Å². The van der Waals surface area contributed by atoms with Crippen LogP contribution in [0.25, 0.3) is 0 Å². The van der Waals surface area contributed by atoms with Crippen molar-refractivity contribution in [3.8, 4) is 0 Å². The van der Waals surface area contributed by atoms with Gasteiger partial charge in [-0.15, -0.1) is 24.0 Å². The zero-order valence-electron chi connectivity index (χ0n) is 16.4. The molecule has 150 valence electrons. The molecular formula is C17H38IN5O2. The molecule has 0 aliphatic carbocycles. The summed E-state index contributed by atoms with van der Waals surface area (Å²) in [7, 11) is 3.84. The molecule has 0 atom stereocenters. The molecule has 2 N–H and O–H groups in total. The van der Waals surface area contributed by atoms with E-state index in [0.717, 1.165) is 78.0 Å². The predicted molar refractivity (Wildman–Crippen MR) is 115 cm³/mol. The molecule has 1 saturated heterocycles. The second kappa shape index (κ2) is 16.0. The summed E-state index contributed by atoms with van der Waals surface area (Å²) >= 11 is 0. The lowest BCUT2D eigenvalue weighted by atomic mass is 10.3. The summed E-state index contributed by atoms with van der Waals surface area (Å²) < 4.78 is 10.5. The molecule has 1 aliphatic heterocycles. The Kier molecular flexibility index (Phi) is 15.9. The molecule has 25 heavy (non-hydrogen) atoms. The molecule has 0 aromatic carbocycles. The zero-order chi connectivity index (χ0) is 17.6. The number of hydrogen-bond acceptors (Lipinski definition) is 5. The molecule has 0 bridgehead atoms. The molecular weight excluding hydrogens is 433 g/mol. The number of halogens is 1. The van der Waals surface area contributed by atoms with Crippen molar-refractivity contribution in [1.29, 1.82) is 0 Å². The molecule has 0 aromatic rings. The molecule has 1 fully saturated rings. The van der Waals surface area contributed by atoms with E-state index >= 15 is 0 Å². The number of likely N-dealkylation sites (N-methyl/N-ethyl adjacent to an activating group) is 1. The fraction of sp³-hybridized carbons (Fsp3) is 0.941. The van der Waals surface area contributed by atoms with Crippen LogP contribution < -0.4 is 10.6 Å². The van der Waals surface area contributed by atoms with Gasteiger partial charge >= 0.3 is 0 Å². The summed E-state index contributed by atoms with van der Waals surface area (Å²) in [5.74, 6) is 0.909. The molecule has 0 saturated carbocycles. The molecule has 1 heterocycles. The number of guanidine groups is 1. The van der Waals surface area contributed by atoms with E-state index in [1.54, 1.807) is 7.11 Å². The number of hydrogen-bond donors (Lipinski definition) is 2. The number of rotatable bonds is 11. The fourth-order valence-corrected chi connectivity index (χ4v) is 2.46. The van der Waals surface area contributed by atoms with Gasteiger partial charge in [0.05, 0.1) is 19.8 Å². The first-order valence-corrected chi connectivity index (χ1v) is 9.14. The second-order valence-corrected chi connectivity index (χ2v) is 6.56. The van der Waals surface area contributed by atoms with Gasteiger partial charge in [-0.05, 0) is 27.3 Å². The van der Waals surface area contributed by atoms with Crippen LogP contribution in [0.3, 0.4) is 0 Å². The Morgan fingerprint density at radius 3 is 2.64 bits per heavy atom. The van der Waals surface area contributed by atoms with E-state index in [1.807, 2.05) is 0 Å². The SMILES string of the molecule is COCCN(C)CCNC(=NCCCN1CCOCC1)NC(C)C.I. The lowest BCUT2D eigenvalue weighted by molar-refractivity contribution is 0.0377. The maximum atomic E-state index is 5.37. The van der Waals surface area contributed by atoms with Gasteiger partial charge in [0.2, 0.25) is 0 Å². The van der Waals surface area contributed by atoms with Crippen molar-refractivity contribution >= 4 is 29.9 Å². The number of nitrogens with zero attached hydrogens (tertiary/aromatic N) is 3. The van der Waals surface area contributed by atoms with Crippen LogP contribution in [0.2, 0.25) is 0 Å². The van der Waals surface area contributed by atoms with E-state index in [2.05, 4.69) is 41.3 Å². The first-order chi connectivity index (χ1) is 11.6. The maximum absolute atomic E-state index is 5.37. The van der Waals surface area contributed by atoms with Crippen molar-refractivity contribution in [2.24, 2.45) is 4.99 Å². The Bertz CT molecular complexity index is 339. The number of methoxy groups -OCH3 is 1. The predicted octanol–water partition coefficient (Wildman–Crippen LogP) is 0.849. The normalized spacial score (nSPS) is 16.2. The van der Waals surface area contributed by atoms with Crippen LogP contribution in [0.15, 0.2) is 4.99 Å². The van der Waals surface area contributed by atoms with E-state index in [0.29, 0.717) is 6.04 Å². The monoisotopic (exact) mass is 471 g/mol. The van der Waals surface area contributed by atoms with Crippen LogP contribution in [0.4, 0.5) is 0 Å². The third-order valence-electron chi connectivity index (χ3n) is 3.89. The standard InChI is InChI=1S/C17H37N5O2.HI/c1-16(2)20-17(19-7-9-21(3)10-13-23-4)18-6-5-8-22-11-14-24-15-12-22;/h16H,5-15H2,1-4H3,(H2,18,19,20);1H. The Morgan fingerprint density at radius 1 is 1.28 bits per heavy atom. The number of morpholine rings is 1. The lowest BCUT2D eigenvalue weighted by Gasteiger charge is -2.26. The van der Waals surface area contributed by atoms with Crippen LogP contribution in [0, 0.1) is 0 Å². The van der Waals surface area contributed by atoms with E-state index in [-0.39, 0.29) is 24.0 Å². The molecule has 1 aliphatic rings. The third-order valence-corrected chi connectivity index (χ3v) is 3.89. The lowest BCUT2D eigenvalue weighted by Crippen LogP contribution is -2.44. The molecule has 0 spiro atoms. The highest BCUT2D eigenvalue weighted by atomic mass is 127. The average molecular weight is 471 g/mol. The Morgan fingerprint density at radius 2 is 2.00 bits per heavy atom. The molecule has 0 aromatic heterocycles. The summed E-state index contributed by atoms with van der Waals surface area (Å²) in [5.41, 5.74) is 0. The average Bonchev–Trinajstić information content (AvgIpc) is 2.57. The molecule has 7 nitrogen and oxygen atoms in total. The summed E-state index contributed by atoms with van der Waals surface area (Å²) in [6, 6.07) is 0.377. The van der Waals surface area contributed by atoms with E-state index < -0.39 is 0 Å². The minimum atomic E-state index is 0. The number of nitrogens with one attached hydrogen (secondary N) is 2. The highest BCUT2D eigenvalue weighted by Crippen LogP contribution is 1.98. The van der Waals surface area contributed by atoms with E-state index in [9.17, 15) is 0 Å². The molecule has 8 heteroatoms. The van der Waals surface area contributed by atoms with Crippen molar-refractivity contribution in [2.45, 2.75) is 26.3 Å². The minimum Gasteiger partial charge on any atom is -0.383 e. The summed E-state index contributed by atoms with van der Waals surface area (Å²) in [4.78, 5) is 9.40. The zero-order valence-corrected chi connectivity index (χ0v) is 18.8. The molecule has 0 radical (unpaired) electrons. The molecule has 1 rings (SSSR count). The van der Waals surface area contributed by atoms with Crippen molar-refractivity contribution in [3.05, 3.63) is 0 Å². The molecule has 0 amide bonds. The first-order valence-electron chi connectivity index (χ1n) is 9.14. The van der Waals surface area contributed by atoms with Crippen LogP contribution in [0.5, 0.6) is 0 Å². The van der Waals surface area contributed by atoms with Gasteiger partial charge in [0.15, 0.2) is 5.96 Å². The largest absolute Gasteiger partial charge is 0.383 e. The first kappa shape index (κ1) is 24.8. The van der Waals surface area contributed by atoms with Crippen molar-refractivity contribution in [1.82, 2.24) is 20.4 Å². The van der Waals surface area contributed by atoms with Gasteiger partial charge in [-0.2, -0.15) is 0 Å². The Balaban J connectivity index is 0.00000576. The van der Waals surface area contributed by atoms with Crippen molar-refractivity contribution in [2.75, 3.05) is 79.8 Å².